The van der Waals surface area contributed by atoms with Gasteiger partial charge in [-0.15, -0.1) is 0 Å². The van der Waals surface area contributed by atoms with Crippen molar-refractivity contribution in [2.24, 2.45) is 4.99 Å². The maximum atomic E-state index is 13.5. The molecule has 1 atom stereocenters. The zero-order valence-corrected chi connectivity index (χ0v) is 23.2. The van der Waals surface area contributed by atoms with Crippen LogP contribution in [0.3, 0.4) is 0 Å². The average Bonchev–Trinajstić information content (AvgIpc) is 3.53. The van der Waals surface area contributed by atoms with Gasteiger partial charge in [-0.3, -0.25) is 14.0 Å². The van der Waals surface area contributed by atoms with E-state index >= 15 is 0 Å². The van der Waals surface area contributed by atoms with Crippen LogP contribution in [0.5, 0.6) is 0 Å². The van der Waals surface area contributed by atoms with Crippen molar-refractivity contribution in [1.82, 2.24) is 14.0 Å². The number of fused-ring (bicyclic) bond motifs is 2. The van der Waals surface area contributed by atoms with Crippen molar-refractivity contribution in [2.45, 2.75) is 38.8 Å². The number of amides is 1. The Morgan fingerprint density at radius 2 is 1.79 bits per heavy atom. The van der Waals surface area contributed by atoms with Crippen molar-refractivity contribution in [3.63, 3.8) is 0 Å². The summed E-state index contributed by atoms with van der Waals surface area (Å²) in [6.45, 7) is 2.71. The highest BCUT2D eigenvalue weighted by atomic mass is 16.5. The zero-order valence-electron chi connectivity index (χ0n) is 23.2. The Morgan fingerprint density at radius 3 is 2.52 bits per heavy atom. The van der Waals surface area contributed by atoms with Gasteiger partial charge in [0.05, 0.1) is 31.1 Å². The first-order valence-electron chi connectivity index (χ1n) is 14.1. The second kappa shape index (κ2) is 11.9. The van der Waals surface area contributed by atoms with Gasteiger partial charge in [0.25, 0.3) is 11.5 Å². The minimum atomic E-state index is -0.670. The fraction of sp³-hybridized carbons (Fsp3) is 0.242. The van der Waals surface area contributed by atoms with E-state index in [4.69, 9.17) is 14.5 Å². The minimum Gasteiger partial charge on any atom is -0.462 e. The molecular formula is C33H30N4O5. The third kappa shape index (κ3) is 5.51. The fourth-order valence-electron chi connectivity index (χ4n) is 5.30. The predicted octanol–water partition coefficient (Wildman–Crippen LogP) is 4.34. The van der Waals surface area contributed by atoms with Gasteiger partial charge in [-0.2, -0.15) is 4.99 Å². The first-order chi connectivity index (χ1) is 20.5. The van der Waals surface area contributed by atoms with Crippen LogP contribution >= 0.6 is 0 Å². The highest BCUT2D eigenvalue weighted by molar-refractivity contribution is 5.94. The zero-order chi connectivity index (χ0) is 29.1. The Balaban J connectivity index is 1.49. The first-order valence-corrected chi connectivity index (χ1v) is 14.1. The van der Waals surface area contributed by atoms with Gasteiger partial charge in [0.15, 0.2) is 5.49 Å². The number of hydrogen-bond acceptors (Lipinski definition) is 6. The van der Waals surface area contributed by atoms with Crippen LogP contribution in [0.25, 0.3) is 27.8 Å². The summed E-state index contributed by atoms with van der Waals surface area (Å²) in [7, 11) is 0. The second-order valence-electron chi connectivity index (χ2n) is 10.2. The lowest BCUT2D eigenvalue weighted by Gasteiger charge is -2.18. The number of carbonyl (C=O) groups is 2. The van der Waals surface area contributed by atoms with Crippen molar-refractivity contribution < 1.29 is 19.1 Å². The molecular weight excluding hydrogens is 532 g/mol. The van der Waals surface area contributed by atoms with Crippen LogP contribution < -0.4 is 11.0 Å². The molecule has 212 valence electrons. The number of aromatic nitrogens is 3. The van der Waals surface area contributed by atoms with E-state index < -0.39 is 11.9 Å². The maximum absolute atomic E-state index is 13.5. The summed E-state index contributed by atoms with van der Waals surface area (Å²) in [5.41, 5.74) is 3.49. The Labute approximate surface area is 241 Å². The van der Waals surface area contributed by atoms with Crippen LogP contribution in [0, 0.1) is 0 Å². The normalized spacial score (nSPS) is 15.4. The molecule has 1 saturated heterocycles. The van der Waals surface area contributed by atoms with E-state index in [0.29, 0.717) is 17.9 Å². The largest absolute Gasteiger partial charge is 0.462 e. The first kappa shape index (κ1) is 27.3. The third-order valence-electron chi connectivity index (χ3n) is 7.34. The van der Waals surface area contributed by atoms with Crippen LogP contribution in [0.15, 0.2) is 94.8 Å². The van der Waals surface area contributed by atoms with Crippen molar-refractivity contribution >= 4 is 28.6 Å². The van der Waals surface area contributed by atoms with Gasteiger partial charge < -0.3 is 14.0 Å². The molecule has 0 saturated carbocycles. The van der Waals surface area contributed by atoms with Gasteiger partial charge in [0, 0.05) is 12.8 Å². The number of pyridine rings is 2. The highest BCUT2D eigenvalue weighted by Crippen LogP contribution is 2.20. The van der Waals surface area contributed by atoms with Gasteiger partial charge >= 0.3 is 5.97 Å². The monoisotopic (exact) mass is 562 g/mol. The molecule has 1 amide bonds. The van der Waals surface area contributed by atoms with Gasteiger partial charge in [-0.05, 0) is 54.7 Å². The molecule has 9 heteroatoms. The van der Waals surface area contributed by atoms with E-state index in [1.54, 1.807) is 35.9 Å². The van der Waals surface area contributed by atoms with E-state index in [1.165, 1.54) is 10.5 Å². The molecule has 5 aromatic rings. The molecule has 0 radical (unpaired) electrons. The Bertz CT molecular complexity index is 1900. The quantitative estimate of drug-likeness (QED) is 0.216. The van der Waals surface area contributed by atoms with E-state index in [0.717, 1.165) is 29.5 Å². The van der Waals surface area contributed by atoms with Crippen LogP contribution in [0.4, 0.5) is 0 Å². The van der Waals surface area contributed by atoms with E-state index in [2.05, 4.69) is 4.99 Å². The predicted molar refractivity (Wildman–Crippen MR) is 158 cm³/mol. The Hall–Kier alpha value is -4.89. The number of hydrogen-bond donors (Lipinski definition) is 0. The maximum Gasteiger partial charge on any atom is 0.341 e. The minimum absolute atomic E-state index is 0.0309. The average molecular weight is 563 g/mol. The number of carbonyl (C=O) groups excluding carboxylic acids is 2. The smallest absolute Gasteiger partial charge is 0.341 e. The van der Waals surface area contributed by atoms with Gasteiger partial charge in [0.1, 0.15) is 16.9 Å². The molecule has 2 aromatic carbocycles. The number of nitrogens with zero attached hydrogens (tertiary/aromatic N) is 4. The molecule has 6 rings (SSSR count). The SMILES string of the molecule is CCOC(=O)c1cc2c(=O)n3ccccc3nc2n(C[C@H]2CCCO2)c1=NC(=O)Cc1ccc(-c2ccccc2)cc1. The summed E-state index contributed by atoms with van der Waals surface area (Å²) < 4.78 is 14.3. The molecule has 1 fully saturated rings. The third-order valence-corrected chi connectivity index (χ3v) is 7.34. The van der Waals surface area contributed by atoms with Gasteiger partial charge in [-0.25, -0.2) is 9.78 Å². The fourth-order valence-corrected chi connectivity index (χ4v) is 5.30. The van der Waals surface area contributed by atoms with Crippen LogP contribution in [-0.2, 0) is 27.2 Å². The molecule has 1 aliphatic rings. The lowest BCUT2D eigenvalue weighted by atomic mass is 10.0. The number of benzene rings is 2. The van der Waals surface area contributed by atoms with Crippen molar-refractivity contribution in [3.8, 4) is 11.1 Å². The molecule has 0 N–H and O–H groups in total. The molecule has 0 spiro atoms. The van der Waals surface area contributed by atoms with Crippen LogP contribution in [-0.4, -0.2) is 45.1 Å². The molecule has 3 aromatic heterocycles. The van der Waals surface area contributed by atoms with Gasteiger partial charge in [-0.1, -0.05) is 60.7 Å². The summed E-state index contributed by atoms with van der Waals surface area (Å²) in [4.78, 5) is 49.4. The topological polar surface area (TPSA) is 104 Å². The molecule has 0 unspecified atom stereocenters. The van der Waals surface area contributed by atoms with E-state index in [9.17, 15) is 14.4 Å². The van der Waals surface area contributed by atoms with Crippen LogP contribution in [0.2, 0.25) is 0 Å². The number of rotatable bonds is 7. The van der Waals surface area contributed by atoms with Crippen LogP contribution in [0.1, 0.15) is 35.7 Å². The molecule has 9 nitrogen and oxygen atoms in total. The Kier molecular flexibility index (Phi) is 7.74. The van der Waals surface area contributed by atoms with Crippen molar-refractivity contribution in [2.75, 3.05) is 13.2 Å². The second-order valence-corrected chi connectivity index (χ2v) is 10.2. The molecule has 0 bridgehead atoms. The summed E-state index contributed by atoms with van der Waals surface area (Å²) in [5, 5.41) is 0.225. The summed E-state index contributed by atoms with van der Waals surface area (Å²) in [5.74, 6) is -1.11. The number of esters is 1. The lowest BCUT2D eigenvalue weighted by molar-refractivity contribution is -0.117. The number of ether oxygens (including phenoxy) is 2. The summed E-state index contributed by atoms with van der Waals surface area (Å²) >= 11 is 0. The molecule has 1 aliphatic heterocycles. The summed E-state index contributed by atoms with van der Waals surface area (Å²) in [6.07, 6.45) is 3.17. The highest BCUT2D eigenvalue weighted by Gasteiger charge is 2.23. The standard InChI is InChI=1S/C33H30N4O5/c1-2-41-33(40)27-20-26-30(34-28-12-6-7-17-36(28)32(26)39)37(21-25-11-8-18-42-25)31(27)35-29(38)19-22-13-15-24(16-14-22)23-9-4-3-5-10-23/h3-7,9-10,12-17,20,25H,2,8,11,18-19,21H2,1H3/t25-/m1/s1. The van der Waals surface area contributed by atoms with E-state index in [1.807, 2.05) is 54.6 Å². The molecule has 0 aliphatic carbocycles. The lowest BCUT2D eigenvalue weighted by Crippen LogP contribution is -2.35. The van der Waals surface area contributed by atoms with Crippen molar-refractivity contribution in [3.05, 3.63) is 112 Å². The molecule has 4 heterocycles. The molecule has 42 heavy (non-hydrogen) atoms. The Morgan fingerprint density at radius 1 is 1.02 bits per heavy atom. The van der Waals surface area contributed by atoms with E-state index in [-0.39, 0.29) is 47.7 Å². The van der Waals surface area contributed by atoms with Gasteiger partial charge in [0.2, 0.25) is 0 Å². The summed E-state index contributed by atoms with van der Waals surface area (Å²) in [6, 6.07) is 24.4. The van der Waals surface area contributed by atoms with Crippen molar-refractivity contribution in [1.29, 1.82) is 0 Å².